The third-order valence-electron chi connectivity index (χ3n) is 1.85. The summed E-state index contributed by atoms with van der Waals surface area (Å²) in [6.07, 6.45) is 1.90. The summed E-state index contributed by atoms with van der Waals surface area (Å²) in [7, 11) is 0. The van der Waals surface area contributed by atoms with Crippen LogP contribution < -0.4 is 5.69 Å². The summed E-state index contributed by atoms with van der Waals surface area (Å²) >= 11 is 0. The van der Waals surface area contributed by atoms with E-state index in [1.807, 2.05) is 0 Å². The van der Waals surface area contributed by atoms with Gasteiger partial charge in [-0.2, -0.15) is 0 Å². The first-order valence-electron chi connectivity index (χ1n) is 3.74. The van der Waals surface area contributed by atoms with Gasteiger partial charge in [0.2, 0.25) is 0 Å². The van der Waals surface area contributed by atoms with E-state index in [-0.39, 0.29) is 5.69 Å². The molecule has 0 unspecified atom stereocenters. The predicted molar refractivity (Wildman–Crippen MR) is 39.4 cm³/mol. The lowest BCUT2D eigenvalue weighted by atomic mass is 10.2. The van der Waals surface area contributed by atoms with Crippen molar-refractivity contribution in [2.24, 2.45) is 0 Å². The van der Waals surface area contributed by atoms with Crippen molar-refractivity contribution in [2.75, 3.05) is 6.61 Å². The fourth-order valence-corrected chi connectivity index (χ4v) is 1.32. The molecule has 0 amide bonds. The van der Waals surface area contributed by atoms with E-state index in [0.29, 0.717) is 6.61 Å². The third kappa shape index (κ3) is 1.21. The van der Waals surface area contributed by atoms with Gasteiger partial charge in [-0.1, -0.05) is 0 Å². The van der Waals surface area contributed by atoms with E-state index < -0.39 is 0 Å². The number of H-pyrrole nitrogens is 2. The van der Waals surface area contributed by atoms with Gasteiger partial charge in [-0.25, -0.2) is 4.79 Å². The molecule has 0 fully saturated rings. The van der Waals surface area contributed by atoms with Gasteiger partial charge in [-0.15, -0.1) is 0 Å². The largest absolute Gasteiger partial charge is 0.375 e. The van der Waals surface area contributed by atoms with Crippen molar-refractivity contribution in [1.82, 2.24) is 9.97 Å². The van der Waals surface area contributed by atoms with E-state index in [2.05, 4.69) is 9.97 Å². The minimum Gasteiger partial charge on any atom is -0.375 e. The molecule has 2 rings (SSSR count). The second kappa shape index (κ2) is 2.54. The number of hydrogen-bond donors (Lipinski definition) is 2. The molecule has 60 valence electrons. The van der Waals surface area contributed by atoms with Crippen LogP contribution in [0.1, 0.15) is 17.8 Å². The lowest BCUT2D eigenvalue weighted by Gasteiger charge is -1.94. The number of nitrogens with one attached hydrogen (secondary N) is 2. The quantitative estimate of drug-likeness (QED) is 0.559. The van der Waals surface area contributed by atoms with Gasteiger partial charge in [0.05, 0.1) is 12.3 Å². The van der Waals surface area contributed by atoms with Crippen LogP contribution in [0.25, 0.3) is 0 Å². The van der Waals surface area contributed by atoms with Crippen molar-refractivity contribution in [3.05, 3.63) is 21.9 Å². The lowest BCUT2D eigenvalue weighted by Crippen LogP contribution is -2.03. The maximum atomic E-state index is 10.8. The maximum absolute atomic E-state index is 10.8. The first kappa shape index (κ1) is 6.67. The van der Waals surface area contributed by atoms with Crippen molar-refractivity contribution < 1.29 is 4.74 Å². The average Bonchev–Trinajstić information content (AvgIpc) is 2.17. The highest BCUT2D eigenvalue weighted by molar-refractivity contribution is 5.10. The highest BCUT2D eigenvalue weighted by Crippen LogP contribution is 2.09. The Bertz CT molecular complexity index is 273. The summed E-state index contributed by atoms with van der Waals surface area (Å²) in [5.41, 5.74) is 1.79. The van der Waals surface area contributed by atoms with Gasteiger partial charge >= 0.3 is 5.69 Å². The normalized spacial score (nSPS) is 17.5. The van der Waals surface area contributed by atoms with Crippen LogP contribution in [0.3, 0.4) is 0 Å². The molecule has 2 heterocycles. The van der Waals surface area contributed by atoms with Crippen molar-refractivity contribution in [1.29, 1.82) is 0 Å². The SMILES string of the molecule is O=c1[nH]c2c([nH]1)COCCC2. The molecule has 1 aliphatic rings. The van der Waals surface area contributed by atoms with Crippen LogP contribution in [0, 0.1) is 0 Å². The highest BCUT2D eigenvalue weighted by Gasteiger charge is 2.09. The Labute approximate surface area is 63.6 Å². The highest BCUT2D eigenvalue weighted by atomic mass is 16.5. The average molecular weight is 154 g/mol. The van der Waals surface area contributed by atoms with Gasteiger partial charge < -0.3 is 14.7 Å². The molecule has 4 nitrogen and oxygen atoms in total. The summed E-state index contributed by atoms with van der Waals surface area (Å²) in [6.45, 7) is 1.32. The Hall–Kier alpha value is -1.03. The molecule has 1 aromatic rings. The summed E-state index contributed by atoms with van der Waals surface area (Å²) in [5.74, 6) is 0. The Morgan fingerprint density at radius 1 is 1.27 bits per heavy atom. The Balaban J connectivity index is 2.39. The Kier molecular flexibility index (Phi) is 1.54. The predicted octanol–water partition coefficient (Wildman–Crippen LogP) is 0.166. The van der Waals surface area contributed by atoms with E-state index in [9.17, 15) is 4.79 Å². The number of hydrogen-bond acceptors (Lipinski definition) is 2. The molecule has 0 radical (unpaired) electrons. The molecule has 0 spiro atoms. The number of rotatable bonds is 0. The van der Waals surface area contributed by atoms with Gasteiger partial charge in [0, 0.05) is 12.3 Å². The second-order valence-electron chi connectivity index (χ2n) is 2.69. The molecule has 0 aliphatic carbocycles. The first-order valence-corrected chi connectivity index (χ1v) is 3.74. The standard InChI is InChI=1S/C7H10N2O2/c10-7-8-5-2-1-3-11-4-6(5)9-7/h1-4H2,(H2,8,9,10). The summed E-state index contributed by atoms with van der Waals surface area (Å²) in [6, 6.07) is 0. The van der Waals surface area contributed by atoms with Crippen LogP contribution >= 0.6 is 0 Å². The molecule has 2 N–H and O–H groups in total. The van der Waals surface area contributed by atoms with E-state index in [4.69, 9.17) is 4.74 Å². The molecular weight excluding hydrogens is 144 g/mol. The van der Waals surface area contributed by atoms with Crippen LogP contribution in [0.15, 0.2) is 4.79 Å². The molecule has 0 aromatic carbocycles. The van der Waals surface area contributed by atoms with Gasteiger partial charge in [-0.05, 0) is 12.8 Å². The molecule has 0 saturated heterocycles. The van der Waals surface area contributed by atoms with E-state index in [0.717, 1.165) is 30.8 Å². The van der Waals surface area contributed by atoms with Gasteiger partial charge in [0.15, 0.2) is 0 Å². The zero-order valence-electron chi connectivity index (χ0n) is 6.14. The minimum atomic E-state index is -0.125. The van der Waals surface area contributed by atoms with Crippen molar-refractivity contribution >= 4 is 0 Å². The number of fused-ring (bicyclic) bond motifs is 1. The number of ether oxygens (including phenoxy) is 1. The Morgan fingerprint density at radius 3 is 3.00 bits per heavy atom. The van der Waals surface area contributed by atoms with Crippen LogP contribution in [0.4, 0.5) is 0 Å². The molecule has 1 aliphatic heterocycles. The number of aromatic amines is 2. The summed E-state index contributed by atoms with van der Waals surface area (Å²) in [5, 5.41) is 0. The minimum absolute atomic E-state index is 0.125. The Morgan fingerprint density at radius 2 is 2.09 bits per heavy atom. The topological polar surface area (TPSA) is 57.9 Å². The number of aryl methyl sites for hydroxylation is 1. The second-order valence-corrected chi connectivity index (χ2v) is 2.69. The lowest BCUT2D eigenvalue weighted by molar-refractivity contribution is 0.122. The zero-order valence-corrected chi connectivity index (χ0v) is 6.14. The van der Waals surface area contributed by atoms with Crippen molar-refractivity contribution in [3.8, 4) is 0 Å². The van der Waals surface area contributed by atoms with E-state index in [1.54, 1.807) is 0 Å². The maximum Gasteiger partial charge on any atom is 0.323 e. The smallest absolute Gasteiger partial charge is 0.323 e. The van der Waals surface area contributed by atoms with Crippen LogP contribution in [-0.4, -0.2) is 16.6 Å². The van der Waals surface area contributed by atoms with Crippen molar-refractivity contribution in [2.45, 2.75) is 19.4 Å². The summed E-state index contributed by atoms with van der Waals surface area (Å²) < 4.78 is 5.24. The number of aromatic nitrogens is 2. The molecule has 0 saturated carbocycles. The molecule has 11 heavy (non-hydrogen) atoms. The molecular formula is C7H10N2O2. The van der Waals surface area contributed by atoms with Gasteiger partial charge in [0.25, 0.3) is 0 Å². The van der Waals surface area contributed by atoms with Gasteiger partial charge in [-0.3, -0.25) is 0 Å². The van der Waals surface area contributed by atoms with Crippen LogP contribution in [0.2, 0.25) is 0 Å². The first-order chi connectivity index (χ1) is 5.36. The third-order valence-corrected chi connectivity index (χ3v) is 1.85. The monoisotopic (exact) mass is 154 g/mol. The molecule has 1 aromatic heterocycles. The van der Waals surface area contributed by atoms with Crippen molar-refractivity contribution in [3.63, 3.8) is 0 Å². The number of imidazole rings is 1. The fraction of sp³-hybridized carbons (Fsp3) is 0.571. The molecule has 4 heteroatoms. The fourth-order valence-electron chi connectivity index (χ4n) is 1.32. The zero-order chi connectivity index (χ0) is 7.68. The summed E-state index contributed by atoms with van der Waals surface area (Å²) in [4.78, 5) is 16.2. The molecule has 0 bridgehead atoms. The van der Waals surface area contributed by atoms with E-state index >= 15 is 0 Å². The molecule has 0 atom stereocenters. The van der Waals surface area contributed by atoms with Crippen LogP contribution in [-0.2, 0) is 17.8 Å². The van der Waals surface area contributed by atoms with E-state index in [1.165, 1.54) is 0 Å². The van der Waals surface area contributed by atoms with Crippen LogP contribution in [0.5, 0.6) is 0 Å². The van der Waals surface area contributed by atoms with Gasteiger partial charge in [0.1, 0.15) is 0 Å².